The van der Waals surface area contributed by atoms with Gasteiger partial charge in [-0.15, -0.1) is 0 Å². The van der Waals surface area contributed by atoms with E-state index < -0.39 is 5.92 Å². The summed E-state index contributed by atoms with van der Waals surface area (Å²) in [4.78, 5) is 26.4. The van der Waals surface area contributed by atoms with Gasteiger partial charge in [-0.3, -0.25) is 9.59 Å². The molecule has 0 spiro atoms. The fraction of sp³-hybridized carbons (Fsp3) is 0.333. The van der Waals surface area contributed by atoms with E-state index in [0.717, 1.165) is 24.0 Å². The van der Waals surface area contributed by atoms with Gasteiger partial charge in [0.15, 0.2) is 34.6 Å². The van der Waals surface area contributed by atoms with Crippen molar-refractivity contribution in [3.8, 4) is 23.0 Å². The van der Waals surface area contributed by atoms with Gasteiger partial charge in [-0.1, -0.05) is 48.0 Å². The highest BCUT2D eigenvalue weighted by molar-refractivity contribution is 6.32. The fourth-order valence-corrected chi connectivity index (χ4v) is 6.39. The summed E-state index contributed by atoms with van der Waals surface area (Å²) in [6, 6.07) is 19.2. The largest absolute Gasteiger partial charge is 0.493 e. The molecule has 0 saturated carbocycles. The Hall–Kier alpha value is -4.23. The van der Waals surface area contributed by atoms with Gasteiger partial charge in [-0.05, 0) is 60.7 Å². The number of carbonyl (C=O) groups is 2. The Kier molecular flexibility index (Phi) is 8.94. The van der Waals surface area contributed by atoms with E-state index in [1.165, 1.54) is 0 Å². The van der Waals surface area contributed by atoms with E-state index in [9.17, 15) is 9.59 Å². The van der Waals surface area contributed by atoms with Gasteiger partial charge >= 0.3 is 0 Å². The van der Waals surface area contributed by atoms with Crippen LogP contribution in [-0.4, -0.2) is 25.3 Å². The quantitative estimate of drug-likeness (QED) is 0.229. The first kappa shape index (κ1) is 29.8. The minimum Gasteiger partial charge on any atom is -0.493 e. The Morgan fingerprint density at radius 3 is 2.09 bits per heavy atom. The van der Waals surface area contributed by atoms with E-state index in [-0.39, 0.29) is 18.2 Å². The number of Topliss-reactive ketones (excluding diaryl/α,β-unsaturated/α-hetero) is 2. The molecule has 0 radical (unpaired) electrons. The number of carbonyl (C=O) groups excluding carboxylic acids is 2. The maximum Gasteiger partial charge on any atom is 0.180 e. The predicted octanol–water partition coefficient (Wildman–Crippen LogP) is 8.03. The standard InChI is InChI=1S/C36H35ClO7/c1-3-41-31-17-23(15-16-28(31)42-20-22-9-5-4-6-10-22)21-43-36-25(37)18-24(19-32(36)40-2)33-34-26(38)11-7-13-29(34)44-30-14-8-12-27(39)35(30)33/h4-6,9-10,15-19,33H,3,7-8,11-14,20-21H2,1-2H3. The predicted molar refractivity (Wildman–Crippen MR) is 166 cm³/mol. The lowest BCUT2D eigenvalue weighted by Gasteiger charge is -2.36. The SMILES string of the molecule is CCOc1cc(COc2c(Cl)cc(C3C4=C(CCCC4=O)OC4=C3C(=O)CCC4)cc2OC)ccc1OCc1ccccc1. The molecule has 0 saturated heterocycles. The lowest BCUT2D eigenvalue weighted by atomic mass is 9.73. The summed E-state index contributed by atoms with van der Waals surface area (Å²) in [5.74, 6) is 2.91. The summed E-state index contributed by atoms with van der Waals surface area (Å²) in [5, 5.41) is 0.328. The maximum absolute atomic E-state index is 13.2. The molecule has 0 unspecified atom stereocenters. The minimum atomic E-state index is -0.535. The van der Waals surface area contributed by atoms with Crippen LogP contribution in [0.1, 0.15) is 68.1 Å². The van der Waals surface area contributed by atoms with Crippen LogP contribution in [0.25, 0.3) is 0 Å². The minimum absolute atomic E-state index is 0.0119. The highest BCUT2D eigenvalue weighted by Crippen LogP contribution is 2.50. The molecule has 0 aromatic heterocycles. The number of hydrogen-bond donors (Lipinski definition) is 0. The van der Waals surface area contributed by atoms with Crippen LogP contribution >= 0.6 is 11.6 Å². The zero-order valence-electron chi connectivity index (χ0n) is 25.0. The van der Waals surface area contributed by atoms with Crippen LogP contribution in [0.5, 0.6) is 23.0 Å². The number of rotatable bonds is 10. The van der Waals surface area contributed by atoms with Crippen LogP contribution in [0.3, 0.4) is 0 Å². The first-order valence-corrected chi connectivity index (χ1v) is 15.5. The van der Waals surface area contributed by atoms with Gasteiger partial charge in [0.25, 0.3) is 0 Å². The molecule has 6 rings (SSSR count). The highest BCUT2D eigenvalue weighted by atomic mass is 35.5. The molecule has 1 heterocycles. The number of hydrogen-bond acceptors (Lipinski definition) is 7. The van der Waals surface area contributed by atoms with E-state index in [2.05, 4.69) is 0 Å². The van der Waals surface area contributed by atoms with Gasteiger partial charge in [0.05, 0.1) is 18.7 Å². The molecule has 3 aliphatic rings. The first-order valence-electron chi connectivity index (χ1n) is 15.1. The third kappa shape index (κ3) is 6.06. The number of allylic oxidation sites excluding steroid dienone is 4. The van der Waals surface area contributed by atoms with E-state index in [0.29, 0.717) is 95.1 Å². The lowest BCUT2D eigenvalue weighted by Crippen LogP contribution is -2.30. The molecule has 1 aliphatic heterocycles. The van der Waals surface area contributed by atoms with Gasteiger partial charge in [0, 0.05) is 42.7 Å². The molecule has 2 aliphatic carbocycles. The highest BCUT2D eigenvalue weighted by Gasteiger charge is 2.42. The molecule has 0 N–H and O–H groups in total. The molecule has 0 amide bonds. The number of benzene rings is 3. The molecular formula is C36H35ClO7. The van der Waals surface area contributed by atoms with Crippen molar-refractivity contribution in [3.05, 3.63) is 105 Å². The third-order valence-corrected chi connectivity index (χ3v) is 8.43. The van der Waals surface area contributed by atoms with E-state index in [1.54, 1.807) is 13.2 Å². The fourth-order valence-electron chi connectivity index (χ4n) is 6.12. The average Bonchev–Trinajstić information content (AvgIpc) is 3.03. The van der Waals surface area contributed by atoms with Gasteiger partial charge in [-0.25, -0.2) is 0 Å². The number of halogens is 1. The van der Waals surface area contributed by atoms with Crippen molar-refractivity contribution < 1.29 is 33.3 Å². The van der Waals surface area contributed by atoms with E-state index >= 15 is 0 Å². The van der Waals surface area contributed by atoms with E-state index in [4.69, 9.17) is 35.3 Å². The lowest BCUT2D eigenvalue weighted by molar-refractivity contribution is -0.117. The Balaban J connectivity index is 1.26. The van der Waals surface area contributed by atoms with Crippen LogP contribution in [0.4, 0.5) is 0 Å². The molecule has 3 aromatic rings. The van der Waals surface area contributed by atoms with Crippen LogP contribution in [0, 0.1) is 0 Å². The zero-order valence-corrected chi connectivity index (χ0v) is 25.7. The molecule has 8 heteroatoms. The van der Waals surface area contributed by atoms with Gasteiger partial charge < -0.3 is 23.7 Å². The molecule has 0 bridgehead atoms. The van der Waals surface area contributed by atoms with Crippen molar-refractivity contribution >= 4 is 23.2 Å². The van der Waals surface area contributed by atoms with Gasteiger partial charge in [0.2, 0.25) is 0 Å². The molecular weight excluding hydrogens is 580 g/mol. The number of methoxy groups -OCH3 is 1. The van der Waals surface area contributed by atoms with Crippen molar-refractivity contribution in [2.75, 3.05) is 13.7 Å². The van der Waals surface area contributed by atoms with Crippen molar-refractivity contribution in [1.82, 2.24) is 0 Å². The molecule has 7 nitrogen and oxygen atoms in total. The summed E-state index contributed by atoms with van der Waals surface area (Å²) >= 11 is 6.84. The van der Waals surface area contributed by atoms with E-state index in [1.807, 2.05) is 61.5 Å². The third-order valence-electron chi connectivity index (χ3n) is 8.15. The monoisotopic (exact) mass is 614 g/mol. The van der Waals surface area contributed by atoms with Crippen LogP contribution in [0.15, 0.2) is 83.3 Å². The summed E-state index contributed by atoms with van der Waals surface area (Å²) in [5.41, 5.74) is 3.77. The Labute approximate surface area is 262 Å². The molecule has 0 fully saturated rings. The summed E-state index contributed by atoms with van der Waals surface area (Å²) < 4.78 is 30.0. The summed E-state index contributed by atoms with van der Waals surface area (Å²) in [6.45, 7) is 3.04. The smallest absolute Gasteiger partial charge is 0.180 e. The zero-order chi connectivity index (χ0) is 30.6. The van der Waals surface area contributed by atoms with Crippen LogP contribution < -0.4 is 18.9 Å². The second kappa shape index (κ2) is 13.2. The Morgan fingerprint density at radius 2 is 1.43 bits per heavy atom. The molecule has 228 valence electrons. The first-order chi connectivity index (χ1) is 21.5. The Morgan fingerprint density at radius 1 is 0.750 bits per heavy atom. The maximum atomic E-state index is 13.2. The normalized spacial score (nSPS) is 16.7. The summed E-state index contributed by atoms with van der Waals surface area (Å²) in [6.07, 6.45) is 3.69. The van der Waals surface area contributed by atoms with Crippen molar-refractivity contribution in [2.24, 2.45) is 0 Å². The average molecular weight is 615 g/mol. The summed E-state index contributed by atoms with van der Waals surface area (Å²) in [7, 11) is 1.55. The van der Waals surface area contributed by atoms with Crippen molar-refractivity contribution in [2.45, 2.75) is 64.6 Å². The second-order valence-corrected chi connectivity index (χ2v) is 11.5. The van der Waals surface area contributed by atoms with Gasteiger partial charge in [0.1, 0.15) is 24.7 Å². The topological polar surface area (TPSA) is 80.3 Å². The number of ketones is 2. The van der Waals surface area contributed by atoms with Crippen LogP contribution in [0.2, 0.25) is 5.02 Å². The second-order valence-electron chi connectivity index (χ2n) is 11.1. The molecule has 3 aromatic carbocycles. The van der Waals surface area contributed by atoms with Crippen LogP contribution in [-0.2, 0) is 27.5 Å². The van der Waals surface area contributed by atoms with Gasteiger partial charge in [-0.2, -0.15) is 0 Å². The van der Waals surface area contributed by atoms with Crippen molar-refractivity contribution in [3.63, 3.8) is 0 Å². The molecule has 44 heavy (non-hydrogen) atoms. The van der Waals surface area contributed by atoms with Crippen molar-refractivity contribution in [1.29, 1.82) is 0 Å². The number of ether oxygens (including phenoxy) is 5. The Bertz CT molecular complexity index is 1600. The molecule has 0 atom stereocenters.